The minimum atomic E-state index is -0.196. The average Bonchev–Trinajstić information content (AvgIpc) is 3.28. The summed E-state index contributed by atoms with van der Waals surface area (Å²) < 4.78 is 8.01. The van der Waals surface area contributed by atoms with Gasteiger partial charge in [0.2, 0.25) is 5.91 Å². The van der Waals surface area contributed by atoms with Crippen LogP contribution >= 0.6 is 11.3 Å². The first kappa shape index (κ1) is 15.8. The van der Waals surface area contributed by atoms with Gasteiger partial charge in [-0.2, -0.15) is 5.10 Å². The number of piperidine rings is 1. The summed E-state index contributed by atoms with van der Waals surface area (Å²) in [6.45, 7) is 4.35. The summed E-state index contributed by atoms with van der Waals surface area (Å²) in [5, 5.41) is 6.43. The van der Waals surface area contributed by atoms with Crippen molar-refractivity contribution in [3.05, 3.63) is 40.3 Å². The van der Waals surface area contributed by atoms with Crippen LogP contribution < -0.4 is 0 Å². The number of carbonyl (C=O) groups is 1. The molecule has 4 heterocycles. The Balaban J connectivity index is 1.48. The minimum absolute atomic E-state index is 0.161. The van der Waals surface area contributed by atoms with E-state index in [4.69, 9.17) is 4.74 Å². The van der Waals surface area contributed by atoms with Crippen LogP contribution in [0.15, 0.2) is 29.9 Å². The van der Waals surface area contributed by atoms with Crippen molar-refractivity contribution >= 4 is 17.2 Å². The molecule has 1 atom stereocenters. The molecule has 128 valence electrons. The molecule has 1 spiro atoms. The summed E-state index contributed by atoms with van der Waals surface area (Å²) in [4.78, 5) is 16.3. The first-order chi connectivity index (χ1) is 11.7. The van der Waals surface area contributed by atoms with Crippen molar-refractivity contribution in [3.63, 3.8) is 0 Å². The molecular weight excluding hydrogens is 322 g/mol. The SMILES string of the molecule is CCC(C(=O)N1CCC2(CC1)OCCc1ccsc12)n1cccn1. The maximum Gasteiger partial charge on any atom is 0.247 e. The van der Waals surface area contributed by atoms with E-state index in [0.29, 0.717) is 0 Å². The Labute approximate surface area is 146 Å². The summed E-state index contributed by atoms with van der Waals surface area (Å²) in [5.41, 5.74) is 1.28. The Morgan fingerprint density at radius 3 is 3.00 bits per heavy atom. The molecule has 1 amide bonds. The number of aromatic nitrogens is 2. The fraction of sp³-hybridized carbons (Fsp3) is 0.556. The van der Waals surface area contributed by atoms with Crippen molar-refractivity contribution in [2.75, 3.05) is 19.7 Å². The van der Waals surface area contributed by atoms with Gasteiger partial charge in [-0.25, -0.2) is 0 Å². The normalized spacial score (nSPS) is 20.8. The lowest BCUT2D eigenvalue weighted by Gasteiger charge is -2.44. The van der Waals surface area contributed by atoms with Gasteiger partial charge in [0.25, 0.3) is 0 Å². The molecule has 2 aliphatic heterocycles. The largest absolute Gasteiger partial charge is 0.369 e. The molecule has 24 heavy (non-hydrogen) atoms. The van der Waals surface area contributed by atoms with E-state index in [-0.39, 0.29) is 17.6 Å². The fourth-order valence-electron chi connectivity index (χ4n) is 3.96. The van der Waals surface area contributed by atoms with E-state index in [9.17, 15) is 4.79 Å². The predicted octanol–water partition coefficient (Wildman–Crippen LogP) is 2.99. The van der Waals surface area contributed by atoms with E-state index in [2.05, 4.69) is 16.5 Å². The molecular formula is C18H23N3O2S. The molecule has 6 heteroatoms. The molecule has 2 aliphatic rings. The first-order valence-corrected chi connectivity index (χ1v) is 9.60. The second-order valence-corrected chi connectivity index (χ2v) is 7.52. The summed E-state index contributed by atoms with van der Waals surface area (Å²) in [5.74, 6) is 0.179. The zero-order chi connectivity index (χ0) is 16.6. The Morgan fingerprint density at radius 2 is 2.29 bits per heavy atom. The van der Waals surface area contributed by atoms with Crippen LogP contribution in [0.5, 0.6) is 0 Å². The number of thiophene rings is 1. The van der Waals surface area contributed by atoms with Crippen LogP contribution in [0.3, 0.4) is 0 Å². The third-order valence-corrected chi connectivity index (χ3v) is 6.45. The van der Waals surface area contributed by atoms with Gasteiger partial charge < -0.3 is 9.64 Å². The standard InChI is InChI=1S/C18H23N3O2S/c1-2-15(21-9-3-8-19-21)17(22)20-10-6-18(7-11-20)16-14(4-12-23-18)5-13-24-16/h3,5,8-9,13,15H,2,4,6-7,10-12H2,1H3. The highest BCUT2D eigenvalue weighted by atomic mass is 32.1. The van der Waals surface area contributed by atoms with Crippen molar-refractivity contribution in [2.45, 2.75) is 44.2 Å². The van der Waals surface area contributed by atoms with Crippen LogP contribution in [0.1, 0.15) is 42.7 Å². The quantitative estimate of drug-likeness (QED) is 0.859. The Kier molecular flexibility index (Phi) is 4.18. The third kappa shape index (κ3) is 2.58. The second kappa shape index (κ2) is 6.33. The molecule has 1 fully saturated rings. The fourth-order valence-corrected chi connectivity index (χ4v) is 5.13. The highest BCUT2D eigenvalue weighted by molar-refractivity contribution is 7.10. The monoisotopic (exact) mass is 345 g/mol. The lowest BCUT2D eigenvalue weighted by Crippen LogP contribution is -2.49. The van der Waals surface area contributed by atoms with Crippen molar-refractivity contribution in [3.8, 4) is 0 Å². The molecule has 0 saturated carbocycles. The van der Waals surface area contributed by atoms with E-state index >= 15 is 0 Å². The number of likely N-dealkylation sites (tertiary alicyclic amines) is 1. The molecule has 5 nitrogen and oxygen atoms in total. The van der Waals surface area contributed by atoms with Gasteiger partial charge >= 0.3 is 0 Å². The Hall–Kier alpha value is -1.66. The summed E-state index contributed by atoms with van der Waals surface area (Å²) in [6.07, 6.45) is 7.16. The van der Waals surface area contributed by atoms with E-state index in [0.717, 1.165) is 45.4 Å². The first-order valence-electron chi connectivity index (χ1n) is 8.72. The van der Waals surface area contributed by atoms with Gasteiger partial charge in [-0.1, -0.05) is 6.92 Å². The molecule has 1 saturated heterocycles. The zero-order valence-electron chi connectivity index (χ0n) is 14.0. The van der Waals surface area contributed by atoms with Crippen LogP contribution in [-0.4, -0.2) is 40.3 Å². The van der Waals surface area contributed by atoms with Gasteiger partial charge in [0.1, 0.15) is 11.6 Å². The number of amides is 1. The van der Waals surface area contributed by atoms with Crippen molar-refractivity contribution in [2.24, 2.45) is 0 Å². The molecule has 0 bridgehead atoms. The molecule has 0 radical (unpaired) electrons. The smallest absolute Gasteiger partial charge is 0.247 e. The predicted molar refractivity (Wildman–Crippen MR) is 93.0 cm³/mol. The van der Waals surface area contributed by atoms with Crippen LogP contribution in [0, 0.1) is 0 Å². The minimum Gasteiger partial charge on any atom is -0.369 e. The number of rotatable bonds is 3. The van der Waals surface area contributed by atoms with Crippen molar-refractivity contribution in [1.29, 1.82) is 0 Å². The van der Waals surface area contributed by atoms with Crippen molar-refractivity contribution < 1.29 is 9.53 Å². The lowest BCUT2D eigenvalue weighted by molar-refractivity contribution is -0.144. The number of carbonyl (C=O) groups excluding carboxylic acids is 1. The van der Waals surface area contributed by atoms with Gasteiger partial charge in [-0.15, -0.1) is 11.3 Å². The van der Waals surface area contributed by atoms with Crippen LogP contribution in [0.4, 0.5) is 0 Å². The van der Waals surface area contributed by atoms with Crippen molar-refractivity contribution in [1.82, 2.24) is 14.7 Å². The molecule has 2 aromatic rings. The molecule has 1 unspecified atom stereocenters. The maximum atomic E-state index is 12.9. The zero-order valence-corrected chi connectivity index (χ0v) is 14.8. The van der Waals surface area contributed by atoms with E-state index in [1.54, 1.807) is 22.2 Å². The number of fused-ring (bicyclic) bond motifs is 2. The molecule has 0 aliphatic carbocycles. The topological polar surface area (TPSA) is 47.4 Å². The maximum absolute atomic E-state index is 12.9. The van der Waals surface area contributed by atoms with Gasteiger partial charge in [0.15, 0.2) is 0 Å². The average molecular weight is 345 g/mol. The summed E-state index contributed by atoms with van der Waals surface area (Å²) >= 11 is 1.81. The number of nitrogens with zero attached hydrogens (tertiary/aromatic N) is 3. The Bertz CT molecular complexity index is 702. The number of hydrogen-bond donors (Lipinski definition) is 0. The molecule has 2 aromatic heterocycles. The van der Waals surface area contributed by atoms with E-state index in [1.165, 1.54) is 10.4 Å². The molecule has 0 N–H and O–H groups in total. The Morgan fingerprint density at radius 1 is 1.46 bits per heavy atom. The van der Waals surface area contributed by atoms with Gasteiger partial charge in [0.05, 0.1) is 6.61 Å². The molecule has 0 aromatic carbocycles. The van der Waals surface area contributed by atoms with Crippen LogP contribution in [-0.2, 0) is 21.6 Å². The van der Waals surface area contributed by atoms with Gasteiger partial charge in [-0.3, -0.25) is 9.48 Å². The highest BCUT2D eigenvalue weighted by Crippen LogP contribution is 2.44. The van der Waals surface area contributed by atoms with Gasteiger partial charge in [0, 0.05) is 30.4 Å². The lowest BCUT2D eigenvalue weighted by atomic mass is 9.85. The number of hydrogen-bond acceptors (Lipinski definition) is 4. The van der Waals surface area contributed by atoms with Gasteiger partial charge in [-0.05, 0) is 48.8 Å². The van der Waals surface area contributed by atoms with Crippen LogP contribution in [0.25, 0.3) is 0 Å². The number of ether oxygens (including phenoxy) is 1. The van der Waals surface area contributed by atoms with E-state index in [1.807, 2.05) is 24.1 Å². The summed E-state index contributed by atoms with van der Waals surface area (Å²) in [7, 11) is 0. The highest BCUT2D eigenvalue weighted by Gasteiger charge is 2.43. The van der Waals surface area contributed by atoms with E-state index < -0.39 is 0 Å². The second-order valence-electron chi connectivity index (χ2n) is 6.60. The molecule has 4 rings (SSSR count). The third-order valence-electron chi connectivity index (χ3n) is 5.31. The van der Waals surface area contributed by atoms with Crippen LogP contribution in [0.2, 0.25) is 0 Å². The summed E-state index contributed by atoms with van der Waals surface area (Å²) in [6, 6.07) is 3.90.